The molecule has 4 rings (SSSR count). The van der Waals surface area contributed by atoms with Gasteiger partial charge in [0.2, 0.25) is 5.91 Å². The Morgan fingerprint density at radius 1 is 1.00 bits per heavy atom. The summed E-state index contributed by atoms with van der Waals surface area (Å²) in [6.45, 7) is 9.25. The summed E-state index contributed by atoms with van der Waals surface area (Å²) in [5.74, 6) is -0.994. The van der Waals surface area contributed by atoms with Crippen molar-refractivity contribution in [2.24, 2.45) is 0 Å². The summed E-state index contributed by atoms with van der Waals surface area (Å²) >= 11 is 0. The lowest BCUT2D eigenvalue weighted by atomic mass is 10.0. The molecular formula is C27H34N2O5. The summed E-state index contributed by atoms with van der Waals surface area (Å²) < 4.78 is 17.5. The highest BCUT2D eigenvalue weighted by atomic mass is 16.7. The van der Waals surface area contributed by atoms with Crippen LogP contribution in [0.5, 0.6) is 0 Å². The van der Waals surface area contributed by atoms with Gasteiger partial charge in [-0.05, 0) is 38.8 Å². The van der Waals surface area contributed by atoms with Gasteiger partial charge in [-0.1, -0.05) is 60.7 Å². The van der Waals surface area contributed by atoms with E-state index in [1.54, 1.807) is 0 Å². The molecule has 2 fully saturated rings. The number of amides is 2. The molecule has 2 aromatic rings. The minimum atomic E-state index is -0.730. The van der Waals surface area contributed by atoms with Crippen LogP contribution in [0.1, 0.15) is 45.2 Å². The van der Waals surface area contributed by atoms with Gasteiger partial charge in [0.1, 0.15) is 11.7 Å². The van der Waals surface area contributed by atoms with Crippen molar-refractivity contribution in [1.29, 1.82) is 0 Å². The van der Waals surface area contributed by atoms with Crippen molar-refractivity contribution in [3.8, 4) is 0 Å². The van der Waals surface area contributed by atoms with Gasteiger partial charge in [0.15, 0.2) is 5.79 Å². The van der Waals surface area contributed by atoms with E-state index in [-0.39, 0.29) is 31.0 Å². The van der Waals surface area contributed by atoms with Crippen LogP contribution in [-0.4, -0.2) is 58.5 Å². The zero-order valence-corrected chi connectivity index (χ0v) is 20.4. The topological polar surface area (TPSA) is 68.3 Å². The molecule has 34 heavy (non-hydrogen) atoms. The quantitative estimate of drug-likeness (QED) is 0.576. The molecule has 0 N–H and O–H groups in total. The molecule has 2 atom stereocenters. The monoisotopic (exact) mass is 466 g/mol. The molecule has 7 nitrogen and oxygen atoms in total. The molecule has 0 aliphatic carbocycles. The normalized spacial score (nSPS) is 22.1. The van der Waals surface area contributed by atoms with Crippen molar-refractivity contribution in [3.05, 3.63) is 71.8 Å². The third-order valence-corrected chi connectivity index (χ3v) is 6.19. The van der Waals surface area contributed by atoms with Gasteiger partial charge in [0, 0.05) is 25.6 Å². The second-order valence-corrected chi connectivity index (χ2v) is 10.1. The number of carbonyl (C=O) groups is 2. The number of ether oxygens (including phenoxy) is 3. The Hall–Kier alpha value is -2.74. The number of nitrogens with zero attached hydrogens (tertiary/aromatic N) is 2. The fraction of sp³-hybridized carbons (Fsp3) is 0.481. The second kappa shape index (κ2) is 9.86. The lowest BCUT2D eigenvalue weighted by Gasteiger charge is -2.35. The van der Waals surface area contributed by atoms with Crippen LogP contribution in [0.15, 0.2) is 60.7 Å². The maximum atomic E-state index is 13.4. The first kappa shape index (κ1) is 24.4. The minimum Gasteiger partial charge on any atom is -0.441 e. The largest absolute Gasteiger partial charge is 0.441 e. The van der Waals surface area contributed by atoms with Gasteiger partial charge in [-0.2, -0.15) is 0 Å². The molecule has 2 saturated heterocycles. The SMILES string of the molecule is CC1(C)CN(C(=O)C[C@H]([C@H]2COC(C)(C)O2)N(Cc2ccccc2)Cc2ccccc2)C(=O)O1. The van der Waals surface area contributed by atoms with Gasteiger partial charge in [-0.3, -0.25) is 9.69 Å². The maximum Gasteiger partial charge on any atom is 0.417 e. The smallest absolute Gasteiger partial charge is 0.417 e. The van der Waals surface area contributed by atoms with E-state index in [1.807, 2.05) is 64.1 Å². The van der Waals surface area contributed by atoms with E-state index >= 15 is 0 Å². The van der Waals surface area contributed by atoms with Crippen LogP contribution in [0, 0.1) is 0 Å². The van der Waals surface area contributed by atoms with E-state index in [4.69, 9.17) is 14.2 Å². The molecule has 182 valence electrons. The molecule has 0 radical (unpaired) electrons. The number of hydrogen-bond acceptors (Lipinski definition) is 6. The zero-order chi connectivity index (χ0) is 24.3. The Morgan fingerprint density at radius 3 is 2.00 bits per heavy atom. The highest BCUT2D eigenvalue weighted by Crippen LogP contribution is 2.31. The Balaban J connectivity index is 1.63. The third-order valence-electron chi connectivity index (χ3n) is 6.19. The fourth-order valence-corrected chi connectivity index (χ4v) is 4.58. The van der Waals surface area contributed by atoms with Gasteiger partial charge in [-0.15, -0.1) is 0 Å². The maximum absolute atomic E-state index is 13.4. The standard InChI is InChI=1S/C27H34N2O5/c1-26(2)19-29(25(31)34-26)24(30)15-22(23-18-32-27(3,4)33-23)28(16-20-11-7-5-8-12-20)17-21-13-9-6-10-14-21/h5-14,22-23H,15-19H2,1-4H3/t22-,23-/m1/s1. The number of carbonyl (C=O) groups excluding carboxylic acids is 2. The first-order valence-electron chi connectivity index (χ1n) is 11.8. The van der Waals surface area contributed by atoms with Gasteiger partial charge in [-0.25, -0.2) is 9.69 Å². The third kappa shape index (κ3) is 6.03. The molecule has 0 spiro atoms. The van der Waals surface area contributed by atoms with Crippen LogP contribution < -0.4 is 0 Å². The number of benzene rings is 2. The van der Waals surface area contributed by atoms with Gasteiger partial charge in [0.05, 0.1) is 13.2 Å². The van der Waals surface area contributed by atoms with E-state index in [2.05, 4.69) is 29.2 Å². The number of cyclic esters (lactones) is 1. The first-order valence-corrected chi connectivity index (χ1v) is 11.8. The molecule has 2 aliphatic rings. The summed E-state index contributed by atoms with van der Waals surface area (Å²) in [4.78, 5) is 29.3. The van der Waals surface area contributed by atoms with Crippen molar-refractivity contribution in [1.82, 2.24) is 9.80 Å². The number of hydrogen-bond donors (Lipinski definition) is 0. The molecule has 7 heteroatoms. The second-order valence-electron chi connectivity index (χ2n) is 10.1. The fourth-order valence-electron chi connectivity index (χ4n) is 4.58. The molecule has 2 aromatic carbocycles. The minimum absolute atomic E-state index is 0.120. The molecule has 0 aromatic heterocycles. The van der Waals surface area contributed by atoms with Crippen molar-refractivity contribution < 1.29 is 23.8 Å². The number of imide groups is 1. The highest BCUT2D eigenvalue weighted by molar-refractivity contribution is 5.93. The lowest BCUT2D eigenvalue weighted by molar-refractivity contribution is -0.151. The summed E-state index contributed by atoms with van der Waals surface area (Å²) in [5, 5.41) is 0. The predicted octanol–water partition coefficient (Wildman–Crippen LogP) is 4.36. The predicted molar refractivity (Wildman–Crippen MR) is 128 cm³/mol. The van der Waals surface area contributed by atoms with Gasteiger partial charge >= 0.3 is 6.09 Å². The Labute approximate surface area is 201 Å². The lowest BCUT2D eigenvalue weighted by Crippen LogP contribution is -2.48. The summed E-state index contributed by atoms with van der Waals surface area (Å²) in [6.07, 6.45) is -0.789. The number of rotatable bonds is 8. The average Bonchev–Trinajstić information content (AvgIpc) is 3.29. The van der Waals surface area contributed by atoms with E-state index in [0.29, 0.717) is 19.7 Å². The molecule has 2 amide bonds. The molecular weight excluding hydrogens is 432 g/mol. The van der Waals surface area contributed by atoms with Crippen molar-refractivity contribution in [3.63, 3.8) is 0 Å². The van der Waals surface area contributed by atoms with E-state index in [9.17, 15) is 9.59 Å². The Bertz CT molecular complexity index is 951. The van der Waals surface area contributed by atoms with Gasteiger partial charge < -0.3 is 14.2 Å². The summed E-state index contributed by atoms with van der Waals surface area (Å²) in [5.41, 5.74) is 1.58. The Morgan fingerprint density at radius 2 is 1.56 bits per heavy atom. The molecule has 0 bridgehead atoms. The van der Waals surface area contributed by atoms with Crippen LogP contribution in [-0.2, 0) is 32.1 Å². The molecule has 2 heterocycles. The summed E-state index contributed by atoms with van der Waals surface area (Å²) in [7, 11) is 0. The highest BCUT2D eigenvalue weighted by Gasteiger charge is 2.45. The van der Waals surface area contributed by atoms with Crippen LogP contribution in [0.4, 0.5) is 4.79 Å². The van der Waals surface area contributed by atoms with Crippen molar-refractivity contribution >= 4 is 12.0 Å². The summed E-state index contributed by atoms with van der Waals surface area (Å²) in [6, 6.07) is 20.0. The van der Waals surface area contributed by atoms with Crippen LogP contribution >= 0.6 is 0 Å². The molecule has 2 aliphatic heterocycles. The Kier molecular flexibility index (Phi) is 7.07. The van der Waals surface area contributed by atoms with Crippen LogP contribution in [0.3, 0.4) is 0 Å². The first-order chi connectivity index (χ1) is 16.1. The van der Waals surface area contributed by atoms with Gasteiger partial charge in [0.25, 0.3) is 0 Å². The van der Waals surface area contributed by atoms with E-state index in [0.717, 1.165) is 11.1 Å². The van der Waals surface area contributed by atoms with Crippen molar-refractivity contribution in [2.75, 3.05) is 13.2 Å². The van der Waals surface area contributed by atoms with E-state index in [1.165, 1.54) is 4.90 Å². The average molecular weight is 467 g/mol. The molecule has 0 saturated carbocycles. The zero-order valence-electron chi connectivity index (χ0n) is 20.4. The van der Waals surface area contributed by atoms with Crippen molar-refractivity contribution in [2.45, 2.75) is 70.7 Å². The molecule has 0 unspecified atom stereocenters. The van der Waals surface area contributed by atoms with Crippen LogP contribution in [0.2, 0.25) is 0 Å². The van der Waals surface area contributed by atoms with Crippen LogP contribution in [0.25, 0.3) is 0 Å². The van der Waals surface area contributed by atoms with E-state index < -0.39 is 17.5 Å².